The second-order valence-electron chi connectivity index (χ2n) is 5.16. The Hall–Kier alpha value is -1.72. The summed E-state index contributed by atoms with van der Waals surface area (Å²) in [6.07, 6.45) is 2.81. The summed E-state index contributed by atoms with van der Waals surface area (Å²) in [5.41, 5.74) is 2.99. The Labute approximate surface area is 127 Å². The van der Waals surface area contributed by atoms with Crippen molar-refractivity contribution < 1.29 is 4.39 Å². The smallest absolute Gasteiger partial charge is 0.194 e. The third-order valence-electron chi connectivity index (χ3n) is 3.56. The largest absolute Gasteiger partial charge is 0.311 e. The van der Waals surface area contributed by atoms with E-state index in [2.05, 4.69) is 27.8 Å². The predicted octanol–water partition coefficient (Wildman–Crippen LogP) is 3.48. The highest BCUT2D eigenvalue weighted by atomic mass is 32.1. The maximum Gasteiger partial charge on any atom is 0.194 e. The minimum absolute atomic E-state index is 0.129. The molecular formula is C16H18FN3S. The fourth-order valence-corrected chi connectivity index (χ4v) is 3.34. The molecule has 110 valence electrons. The monoisotopic (exact) mass is 303 g/mol. The van der Waals surface area contributed by atoms with E-state index in [0.717, 1.165) is 29.3 Å². The Morgan fingerprint density at radius 2 is 2.10 bits per heavy atom. The summed E-state index contributed by atoms with van der Waals surface area (Å²) in [4.78, 5) is 6.86. The van der Waals surface area contributed by atoms with Crippen LogP contribution in [0.5, 0.6) is 0 Å². The average molecular weight is 303 g/mol. The molecule has 1 N–H and O–H groups in total. The normalized spacial score (nSPS) is 11.4. The van der Waals surface area contributed by atoms with E-state index in [1.54, 1.807) is 17.4 Å². The number of hydrogen-bond acceptors (Lipinski definition) is 3. The lowest BCUT2D eigenvalue weighted by molar-refractivity contribution is 0.595. The second-order valence-corrected chi connectivity index (χ2v) is 6.37. The fourth-order valence-electron chi connectivity index (χ4n) is 2.45. The van der Waals surface area contributed by atoms with Gasteiger partial charge in [-0.25, -0.2) is 9.37 Å². The Morgan fingerprint density at radius 3 is 2.90 bits per heavy atom. The van der Waals surface area contributed by atoms with Gasteiger partial charge in [-0.1, -0.05) is 18.2 Å². The van der Waals surface area contributed by atoms with Gasteiger partial charge in [-0.2, -0.15) is 0 Å². The molecule has 3 aromatic rings. The molecule has 0 amide bonds. The minimum Gasteiger partial charge on any atom is -0.311 e. The van der Waals surface area contributed by atoms with Gasteiger partial charge in [0.05, 0.1) is 11.4 Å². The first kappa shape index (κ1) is 14.2. The number of benzene rings is 1. The molecule has 0 aliphatic heterocycles. The number of halogens is 1. The molecule has 0 aliphatic carbocycles. The summed E-state index contributed by atoms with van der Waals surface area (Å²) in [7, 11) is 0. The lowest BCUT2D eigenvalue weighted by Crippen LogP contribution is -2.18. The van der Waals surface area contributed by atoms with Gasteiger partial charge in [-0.3, -0.25) is 4.40 Å². The summed E-state index contributed by atoms with van der Waals surface area (Å²) < 4.78 is 15.7. The van der Waals surface area contributed by atoms with Crippen LogP contribution in [-0.4, -0.2) is 15.9 Å². The Bertz CT molecular complexity index is 760. The summed E-state index contributed by atoms with van der Waals surface area (Å²) in [5.74, 6) is -0.129. The van der Waals surface area contributed by atoms with E-state index in [1.165, 1.54) is 16.6 Å². The van der Waals surface area contributed by atoms with Gasteiger partial charge in [0.25, 0.3) is 0 Å². The van der Waals surface area contributed by atoms with Crippen molar-refractivity contribution in [2.45, 2.75) is 26.8 Å². The number of fused-ring (bicyclic) bond motifs is 1. The molecule has 3 nitrogen and oxygen atoms in total. The maximum atomic E-state index is 13.5. The summed E-state index contributed by atoms with van der Waals surface area (Å²) in [6, 6.07) is 6.93. The molecule has 2 aromatic heterocycles. The zero-order chi connectivity index (χ0) is 14.8. The highest BCUT2D eigenvalue weighted by Crippen LogP contribution is 2.20. The van der Waals surface area contributed by atoms with Crippen LogP contribution >= 0.6 is 11.3 Å². The summed E-state index contributed by atoms with van der Waals surface area (Å²) in [6.45, 7) is 5.61. The van der Waals surface area contributed by atoms with Gasteiger partial charge in [0.2, 0.25) is 0 Å². The van der Waals surface area contributed by atoms with Crippen molar-refractivity contribution in [1.29, 1.82) is 0 Å². The van der Waals surface area contributed by atoms with E-state index in [-0.39, 0.29) is 5.82 Å². The Morgan fingerprint density at radius 1 is 1.29 bits per heavy atom. The van der Waals surface area contributed by atoms with Crippen LogP contribution in [0.25, 0.3) is 4.96 Å². The van der Waals surface area contributed by atoms with Crippen molar-refractivity contribution in [2.75, 3.05) is 6.54 Å². The van der Waals surface area contributed by atoms with Gasteiger partial charge < -0.3 is 5.32 Å². The van der Waals surface area contributed by atoms with Crippen molar-refractivity contribution in [2.24, 2.45) is 0 Å². The van der Waals surface area contributed by atoms with E-state index in [4.69, 9.17) is 0 Å². The van der Waals surface area contributed by atoms with Gasteiger partial charge >= 0.3 is 0 Å². The quantitative estimate of drug-likeness (QED) is 0.731. The topological polar surface area (TPSA) is 29.3 Å². The third kappa shape index (κ3) is 2.99. The van der Waals surface area contributed by atoms with Crippen LogP contribution in [0.3, 0.4) is 0 Å². The molecule has 5 heteroatoms. The van der Waals surface area contributed by atoms with Crippen LogP contribution < -0.4 is 5.32 Å². The number of aromatic nitrogens is 2. The fraction of sp³-hybridized carbons (Fsp3) is 0.312. The number of hydrogen-bond donors (Lipinski definition) is 1. The van der Waals surface area contributed by atoms with Crippen LogP contribution in [0, 0.1) is 19.7 Å². The van der Waals surface area contributed by atoms with Gasteiger partial charge in [-0.15, -0.1) is 11.3 Å². The van der Waals surface area contributed by atoms with Crippen molar-refractivity contribution in [1.82, 2.24) is 14.7 Å². The predicted molar refractivity (Wildman–Crippen MR) is 84.4 cm³/mol. The highest BCUT2D eigenvalue weighted by molar-refractivity contribution is 7.17. The standard InChI is InChI=1S/C16H18FN3S/c1-11-10-20-15(12(2)19-16(20)21-11)9-18-8-7-13-5-3-4-6-14(13)17/h3-6,10,18H,7-9H2,1-2H3. The molecular weight excluding hydrogens is 285 g/mol. The number of aryl methyl sites for hydroxylation is 2. The Kier molecular flexibility index (Phi) is 4.03. The molecule has 0 spiro atoms. The first-order valence-electron chi connectivity index (χ1n) is 7.03. The van der Waals surface area contributed by atoms with Crippen molar-refractivity contribution in [3.8, 4) is 0 Å². The lowest BCUT2D eigenvalue weighted by Gasteiger charge is -2.06. The molecule has 0 bridgehead atoms. The zero-order valence-corrected chi connectivity index (χ0v) is 13.0. The maximum absolute atomic E-state index is 13.5. The lowest BCUT2D eigenvalue weighted by atomic mass is 10.1. The van der Waals surface area contributed by atoms with Gasteiger partial charge in [-0.05, 0) is 38.4 Å². The molecule has 0 unspecified atom stereocenters. The van der Waals surface area contributed by atoms with Crippen LogP contribution in [-0.2, 0) is 13.0 Å². The molecule has 21 heavy (non-hydrogen) atoms. The van der Waals surface area contributed by atoms with Gasteiger partial charge in [0.1, 0.15) is 5.82 Å². The van der Waals surface area contributed by atoms with Gasteiger partial charge in [0.15, 0.2) is 4.96 Å². The number of imidazole rings is 1. The molecule has 0 atom stereocenters. The van der Waals surface area contributed by atoms with Crippen LogP contribution in [0.15, 0.2) is 30.5 Å². The van der Waals surface area contributed by atoms with Crippen LogP contribution in [0.1, 0.15) is 21.8 Å². The SMILES string of the molecule is Cc1cn2c(CNCCc3ccccc3F)c(C)nc2s1. The molecule has 3 rings (SSSR count). The van der Waals surface area contributed by atoms with E-state index < -0.39 is 0 Å². The molecule has 0 radical (unpaired) electrons. The summed E-state index contributed by atoms with van der Waals surface area (Å²) >= 11 is 1.70. The Balaban J connectivity index is 1.62. The molecule has 0 saturated carbocycles. The number of nitrogens with one attached hydrogen (secondary N) is 1. The third-order valence-corrected chi connectivity index (χ3v) is 4.46. The van der Waals surface area contributed by atoms with Crippen molar-refractivity contribution in [3.05, 3.63) is 58.1 Å². The minimum atomic E-state index is -0.129. The molecule has 0 saturated heterocycles. The zero-order valence-electron chi connectivity index (χ0n) is 12.2. The number of rotatable bonds is 5. The van der Waals surface area contributed by atoms with Crippen LogP contribution in [0.4, 0.5) is 4.39 Å². The first-order chi connectivity index (χ1) is 10.1. The van der Waals surface area contributed by atoms with E-state index in [0.29, 0.717) is 6.42 Å². The summed E-state index contributed by atoms with van der Waals surface area (Å²) in [5, 5.41) is 3.38. The molecule has 0 fully saturated rings. The number of thiazole rings is 1. The average Bonchev–Trinajstić information content (AvgIpc) is 2.93. The number of nitrogens with zero attached hydrogens (tertiary/aromatic N) is 2. The van der Waals surface area contributed by atoms with Crippen LogP contribution in [0.2, 0.25) is 0 Å². The molecule has 1 aromatic carbocycles. The second kappa shape index (κ2) is 5.95. The highest BCUT2D eigenvalue weighted by Gasteiger charge is 2.10. The first-order valence-corrected chi connectivity index (χ1v) is 7.85. The van der Waals surface area contributed by atoms with Crippen molar-refractivity contribution >= 4 is 16.3 Å². The van der Waals surface area contributed by atoms with Gasteiger partial charge in [0, 0.05) is 17.6 Å². The van der Waals surface area contributed by atoms with Crippen molar-refractivity contribution in [3.63, 3.8) is 0 Å². The van der Waals surface area contributed by atoms with E-state index in [9.17, 15) is 4.39 Å². The van der Waals surface area contributed by atoms with E-state index in [1.807, 2.05) is 19.1 Å². The van der Waals surface area contributed by atoms with E-state index >= 15 is 0 Å². The molecule has 2 heterocycles. The molecule has 0 aliphatic rings.